The first-order chi connectivity index (χ1) is 15.8. The molecule has 0 saturated carbocycles. The molecule has 1 fully saturated rings. The molecule has 166 valence electrons. The summed E-state index contributed by atoms with van der Waals surface area (Å²) in [6.07, 6.45) is 3.52. The second kappa shape index (κ2) is 9.54. The molecule has 0 spiro atoms. The number of carbonyl (C=O) groups excluding carboxylic acids is 1. The number of anilines is 2. The van der Waals surface area contributed by atoms with Crippen molar-refractivity contribution in [3.05, 3.63) is 59.0 Å². The Hall–Kier alpha value is -3.17. The number of amides is 1. The van der Waals surface area contributed by atoms with Crippen LogP contribution in [0.15, 0.2) is 54.2 Å². The van der Waals surface area contributed by atoms with Gasteiger partial charge >= 0.3 is 0 Å². The third-order valence-corrected chi connectivity index (χ3v) is 6.46. The predicted octanol–water partition coefficient (Wildman–Crippen LogP) is 2.66. The Balaban J connectivity index is 1.28. The van der Waals surface area contributed by atoms with Gasteiger partial charge in [-0.3, -0.25) is 9.69 Å². The van der Waals surface area contributed by atoms with Gasteiger partial charge in [-0.05, 0) is 29.6 Å². The van der Waals surface area contributed by atoms with Crippen LogP contribution in [0.5, 0.6) is 11.5 Å². The lowest BCUT2D eigenvalue weighted by Crippen LogP contribution is -2.50. The van der Waals surface area contributed by atoms with Crippen LogP contribution in [0, 0.1) is 0 Å². The number of aromatic nitrogens is 2. The van der Waals surface area contributed by atoms with Crippen LogP contribution in [-0.2, 0) is 11.3 Å². The smallest absolute Gasteiger partial charge is 0.241 e. The molecule has 1 saturated heterocycles. The molecule has 9 heteroatoms. The minimum absolute atomic E-state index is 0.0690. The zero-order chi connectivity index (χ0) is 21.8. The maximum Gasteiger partial charge on any atom is 0.241 e. The molecular weight excluding hydrogens is 426 g/mol. The summed E-state index contributed by atoms with van der Waals surface area (Å²) < 4.78 is 11.4. The highest BCUT2D eigenvalue weighted by molar-refractivity contribution is 7.09. The average molecular weight is 452 g/mol. The Labute approximate surface area is 191 Å². The van der Waals surface area contributed by atoms with Crippen LogP contribution < -0.4 is 19.3 Å². The normalized spacial score (nSPS) is 16.1. The first-order valence-corrected chi connectivity index (χ1v) is 11.6. The second-order valence-electron chi connectivity index (χ2n) is 7.70. The number of rotatable bonds is 6. The van der Waals surface area contributed by atoms with Crippen molar-refractivity contribution >= 4 is 28.9 Å². The second-order valence-corrected chi connectivity index (χ2v) is 8.73. The van der Waals surface area contributed by atoms with Crippen LogP contribution in [0.25, 0.3) is 0 Å². The number of piperazine rings is 1. The summed E-state index contributed by atoms with van der Waals surface area (Å²) in [6, 6.07) is 11.6. The maximum absolute atomic E-state index is 13.4. The van der Waals surface area contributed by atoms with Crippen LogP contribution in [0.4, 0.5) is 11.6 Å². The van der Waals surface area contributed by atoms with E-state index in [4.69, 9.17) is 9.47 Å². The van der Waals surface area contributed by atoms with Gasteiger partial charge in [0.15, 0.2) is 11.5 Å². The summed E-state index contributed by atoms with van der Waals surface area (Å²) >= 11 is 1.65. The monoisotopic (exact) mass is 451 g/mol. The van der Waals surface area contributed by atoms with E-state index in [1.165, 1.54) is 0 Å². The van der Waals surface area contributed by atoms with Crippen LogP contribution >= 0.6 is 11.3 Å². The van der Waals surface area contributed by atoms with E-state index in [1.54, 1.807) is 23.7 Å². The molecule has 0 N–H and O–H groups in total. The lowest BCUT2D eigenvalue weighted by atomic mass is 10.2. The first-order valence-electron chi connectivity index (χ1n) is 10.7. The molecule has 32 heavy (non-hydrogen) atoms. The summed E-state index contributed by atoms with van der Waals surface area (Å²) in [5.41, 5.74) is 0.823. The van der Waals surface area contributed by atoms with Crippen LogP contribution in [0.2, 0.25) is 0 Å². The minimum Gasteiger partial charge on any atom is -0.486 e. The van der Waals surface area contributed by atoms with E-state index in [-0.39, 0.29) is 5.91 Å². The molecule has 0 radical (unpaired) electrons. The summed E-state index contributed by atoms with van der Waals surface area (Å²) in [6.45, 7) is 5.14. The highest BCUT2D eigenvalue weighted by Gasteiger charge is 2.25. The number of fused-ring (bicyclic) bond motifs is 1. The van der Waals surface area contributed by atoms with E-state index in [9.17, 15) is 4.79 Å². The maximum atomic E-state index is 13.4. The summed E-state index contributed by atoms with van der Waals surface area (Å²) in [4.78, 5) is 29.4. The van der Waals surface area contributed by atoms with E-state index in [0.29, 0.717) is 32.1 Å². The van der Waals surface area contributed by atoms with Gasteiger partial charge < -0.3 is 19.3 Å². The zero-order valence-corrected chi connectivity index (χ0v) is 18.5. The fraction of sp³-hybridized carbons (Fsp3) is 0.348. The quantitative estimate of drug-likeness (QED) is 0.571. The Bertz CT molecular complexity index is 1040. The van der Waals surface area contributed by atoms with Gasteiger partial charge in [0, 0.05) is 55.2 Å². The van der Waals surface area contributed by atoms with Crippen molar-refractivity contribution in [2.24, 2.45) is 0 Å². The Morgan fingerprint density at radius 1 is 1.00 bits per heavy atom. The molecule has 0 atom stereocenters. The third-order valence-electron chi connectivity index (χ3n) is 5.60. The number of hydrogen-bond donors (Lipinski definition) is 0. The SMILES string of the molecule is O=C(CN1CCN(c2ncccn2)CC1)N(Cc1cccs1)c1ccc2c(c1)OCCO2. The Morgan fingerprint density at radius 3 is 2.53 bits per heavy atom. The summed E-state index contributed by atoms with van der Waals surface area (Å²) in [5, 5.41) is 2.03. The van der Waals surface area contributed by atoms with Gasteiger partial charge in [-0.15, -0.1) is 11.3 Å². The molecular formula is C23H25N5O3S. The Morgan fingerprint density at radius 2 is 1.78 bits per heavy atom. The van der Waals surface area contributed by atoms with E-state index in [1.807, 2.05) is 40.6 Å². The molecule has 2 aromatic heterocycles. The van der Waals surface area contributed by atoms with E-state index in [2.05, 4.69) is 25.8 Å². The minimum atomic E-state index is 0.0690. The van der Waals surface area contributed by atoms with Crippen molar-refractivity contribution in [2.45, 2.75) is 6.54 Å². The molecule has 1 amide bonds. The van der Waals surface area contributed by atoms with Gasteiger partial charge in [0.1, 0.15) is 13.2 Å². The van der Waals surface area contributed by atoms with Gasteiger partial charge in [-0.2, -0.15) is 0 Å². The van der Waals surface area contributed by atoms with E-state index >= 15 is 0 Å². The lowest BCUT2D eigenvalue weighted by molar-refractivity contribution is -0.120. The molecule has 0 bridgehead atoms. The van der Waals surface area contributed by atoms with Crippen molar-refractivity contribution in [2.75, 3.05) is 55.7 Å². The first kappa shape index (κ1) is 20.7. The fourth-order valence-electron chi connectivity index (χ4n) is 3.92. The topological polar surface area (TPSA) is 71.0 Å². The predicted molar refractivity (Wildman–Crippen MR) is 124 cm³/mol. The van der Waals surface area contributed by atoms with Crippen LogP contribution in [0.1, 0.15) is 4.88 Å². The van der Waals surface area contributed by atoms with Gasteiger partial charge in [0.2, 0.25) is 11.9 Å². The highest BCUT2D eigenvalue weighted by Crippen LogP contribution is 2.34. The van der Waals surface area contributed by atoms with E-state index in [0.717, 1.165) is 48.4 Å². The molecule has 1 aromatic carbocycles. The Kier molecular flexibility index (Phi) is 6.17. The standard InChI is InChI=1S/C23H25N5O3S/c29-22(17-26-8-10-27(11-9-26)23-24-6-2-7-25-23)28(16-19-3-1-14-32-19)18-4-5-20-21(15-18)31-13-12-30-20/h1-7,14-15H,8-13,16-17H2. The molecule has 5 rings (SSSR count). The highest BCUT2D eigenvalue weighted by atomic mass is 32.1. The molecule has 4 heterocycles. The summed E-state index contributed by atoms with van der Waals surface area (Å²) in [5.74, 6) is 2.23. The van der Waals surface area contributed by atoms with Crippen molar-refractivity contribution in [1.29, 1.82) is 0 Å². The molecule has 0 unspecified atom stereocenters. The largest absolute Gasteiger partial charge is 0.486 e. The number of nitrogens with zero attached hydrogens (tertiary/aromatic N) is 5. The fourth-order valence-corrected chi connectivity index (χ4v) is 4.61. The summed E-state index contributed by atoms with van der Waals surface area (Å²) in [7, 11) is 0. The lowest BCUT2D eigenvalue weighted by Gasteiger charge is -2.35. The van der Waals surface area contributed by atoms with Crippen LogP contribution in [-0.4, -0.2) is 66.7 Å². The zero-order valence-electron chi connectivity index (χ0n) is 17.7. The average Bonchev–Trinajstić information content (AvgIpc) is 3.37. The molecule has 2 aliphatic heterocycles. The van der Waals surface area contributed by atoms with Gasteiger partial charge in [-0.25, -0.2) is 9.97 Å². The third kappa shape index (κ3) is 4.68. The number of hydrogen-bond acceptors (Lipinski definition) is 8. The number of thiophene rings is 1. The van der Waals surface area contributed by atoms with Gasteiger partial charge in [0.05, 0.1) is 13.1 Å². The molecule has 8 nitrogen and oxygen atoms in total. The molecule has 0 aliphatic carbocycles. The number of benzene rings is 1. The van der Waals surface area contributed by atoms with Crippen molar-refractivity contribution < 1.29 is 14.3 Å². The van der Waals surface area contributed by atoms with Crippen LogP contribution in [0.3, 0.4) is 0 Å². The van der Waals surface area contributed by atoms with Crippen molar-refractivity contribution in [3.8, 4) is 11.5 Å². The number of carbonyl (C=O) groups is 1. The number of ether oxygens (including phenoxy) is 2. The van der Waals surface area contributed by atoms with Gasteiger partial charge in [-0.1, -0.05) is 6.07 Å². The molecule has 2 aliphatic rings. The van der Waals surface area contributed by atoms with Crippen molar-refractivity contribution in [3.63, 3.8) is 0 Å². The van der Waals surface area contributed by atoms with Crippen molar-refractivity contribution in [1.82, 2.24) is 14.9 Å². The van der Waals surface area contributed by atoms with E-state index < -0.39 is 0 Å². The molecule has 3 aromatic rings. The van der Waals surface area contributed by atoms with Gasteiger partial charge in [0.25, 0.3) is 0 Å².